The largest absolute Gasteiger partial charge is 0.497 e. The van der Waals surface area contributed by atoms with E-state index in [0.717, 1.165) is 0 Å². The SMILES string of the molecule is COc1ccc(C(=O)CN[C@H](C)C(=O)O)cc1. The van der Waals surface area contributed by atoms with Crippen molar-refractivity contribution in [3.05, 3.63) is 29.8 Å². The molecule has 2 N–H and O–H groups in total. The van der Waals surface area contributed by atoms with Gasteiger partial charge in [-0.25, -0.2) is 0 Å². The molecule has 5 heteroatoms. The number of Topliss-reactive ketones (excluding diaryl/α,β-unsaturated/α-hetero) is 1. The molecular formula is C12H15NO4. The Kier molecular flexibility index (Phi) is 4.66. The van der Waals surface area contributed by atoms with Gasteiger partial charge >= 0.3 is 5.97 Å². The zero-order valence-corrected chi connectivity index (χ0v) is 9.77. The van der Waals surface area contributed by atoms with E-state index in [1.54, 1.807) is 31.4 Å². The third kappa shape index (κ3) is 3.88. The van der Waals surface area contributed by atoms with Crippen LogP contribution in [0.4, 0.5) is 0 Å². The summed E-state index contributed by atoms with van der Waals surface area (Å²) in [6.45, 7) is 1.49. The average Bonchev–Trinajstić information content (AvgIpc) is 2.35. The number of methoxy groups -OCH3 is 1. The first kappa shape index (κ1) is 13.2. The number of aliphatic carboxylic acids is 1. The van der Waals surface area contributed by atoms with Gasteiger partial charge in [-0.1, -0.05) is 0 Å². The van der Waals surface area contributed by atoms with Crippen molar-refractivity contribution in [2.75, 3.05) is 13.7 Å². The van der Waals surface area contributed by atoms with E-state index in [9.17, 15) is 9.59 Å². The second-order valence-electron chi connectivity index (χ2n) is 3.59. The molecule has 0 saturated carbocycles. The van der Waals surface area contributed by atoms with Crippen LogP contribution < -0.4 is 10.1 Å². The molecule has 1 rings (SSSR count). The Bertz CT molecular complexity index is 399. The lowest BCUT2D eigenvalue weighted by Gasteiger charge is -2.08. The van der Waals surface area contributed by atoms with Gasteiger partial charge in [0.25, 0.3) is 0 Å². The van der Waals surface area contributed by atoms with E-state index in [1.807, 2.05) is 0 Å². The van der Waals surface area contributed by atoms with Gasteiger partial charge in [-0.15, -0.1) is 0 Å². The molecule has 0 aliphatic carbocycles. The predicted octanol–water partition coefficient (Wildman–Crippen LogP) is 0.941. The van der Waals surface area contributed by atoms with E-state index >= 15 is 0 Å². The van der Waals surface area contributed by atoms with E-state index < -0.39 is 12.0 Å². The lowest BCUT2D eigenvalue weighted by atomic mass is 10.1. The smallest absolute Gasteiger partial charge is 0.320 e. The predicted molar refractivity (Wildman–Crippen MR) is 62.4 cm³/mol. The third-order valence-electron chi connectivity index (χ3n) is 2.35. The summed E-state index contributed by atoms with van der Waals surface area (Å²) in [6.07, 6.45) is 0. The first-order valence-electron chi connectivity index (χ1n) is 5.18. The van der Waals surface area contributed by atoms with E-state index in [1.165, 1.54) is 6.92 Å². The zero-order valence-electron chi connectivity index (χ0n) is 9.77. The van der Waals surface area contributed by atoms with Gasteiger partial charge in [0.15, 0.2) is 5.78 Å². The maximum atomic E-state index is 11.7. The fourth-order valence-corrected chi connectivity index (χ4v) is 1.21. The van der Waals surface area contributed by atoms with Crippen molar-refractivity contribution in [2.45, 2.75) is 13.0 Å². The van der Waals surface area contributed by atoms with Crippen molar-refractivity contribution in [3.63, 3.8) is 0 Å². The number of carbonyl (C=O) groups is 2. The Morgan fingerprint density at radius 1 is 1.35 bits per heavy atom. The van der Waals surface area contributed by atoms with Gasteiger partial charge in [0, 0.05) is 5.56 Å². The lowest BCUT2D eigenvalue weighted by Crippen LogP contribution is -2.37. The molecule has 1 atom stereocenters. The van der Waals surface area contributed by atoms with Crippen molar-refractivity contribution in [1.82, 2.24) is 5.32 Å². The normalized spacial score (nSPS) is 11.9. The number of ether oxygens (including phenoxy) is 1. The van der Waals surface area contributed by atoms with Gasteiger partial charge in [-0.3, -0.25) is 14.9 Å². The lowest BCUT2D eigenvalue weighted by molar-refractivity contribution is -0.138. The summed E-state index contributed by atoms with van der Waals surface area (Å²) >= 11 is 0. The van der Waals surface area contributed by atoms with Gasteiger partial charge in [-0.05, 0) is 31.2 Å². The standard InChI is InChI=1S/C12H15NO4/c1-8(12(15)16)13-7-11(14)9-3-5-10(17-2)6-4-9/h3-6,8,13H,7H2,1-2H3,(H,15,16)/t8-/m1/s1. The Morgan fingerprint density at radius 2 is 1.94 bits per heavy atom. The van der Waals surface area contributed by atoms with E-state index in [0.29, 0.717) is 11.3 Å². The number of hydrogen-bond acceptors (Lipinski definition) is 4. The number of rotatable bonds is 6. The molecule has 0 spiro atoms. The average molecular weight is 237 g/mol. The van der Waals surface area contributed by atoms with Crippen molar-refractivity contribution in [2.24, 2.45) is 0 Å². The van der Waals surface area contributed by atoms with Gasteiger partial charge in [-0.2, -0.15) is 0 Å². The Hall–Kier alpha value is -1.88. The Morgan fingerprint density at radius 3 is 2.41 bits per heavy atom. The zero-order chi connectivity index (χ0) is 12.8. The summed E-state index contributed by atoms with van der Waals surface area (Å²) in [7, 11) is 1.55. The maximum Gasteiger partial charge on any atom is 0.320 e. The molecule has 0 fully saturated rings. The van der Waals surface area contributed by atoms with Gasteiger partial charge in [0.2, 0.25) is 0 Å². The summed E-state index contributed by atoms with van der Waals surface area (Å²) in [6, 6.07) is 5.93. The number of benzene rings is 1. The molecule has 0 aromatic heterocycles. The topological polar surface area (TPSA) is 75.6 Å². The summed E-state index contributed by atoms with van der Waals surface area (Å²) < 4.78 is 4.97. The molecule has 5 nitrogen and oxygen atoms in total. The highest BCUT2D eigenvalue weighted by atomic mass is 16.5. The van der Waals surface area contributed by atoms with Crippen LogP contribution in [0.1, 0.15) is 17.3 Å². The Labute approximate surface area is 99.4 Å². The van der Waals surface area contributed by atoms with Crippen LogP contribution in [0.25, 0.3) is 0 Å². The third-order valence-corrected chi connectivity index (χ3v) is 2.35. The van der Waals surface area contributed by atoms with Crippen LogP contribution >= 0.6 is 0 Å². The maximum absolute atomic E-state index is 11.7. The minimum atomic E-state index is -0.979. The highest BCUT2D eigenvalue weighted by Gasteiger charge is 2.12. The number of carboxylic acids is 1. The number of carboxylic acid groups (broad SMARTS) is 1. The molecule has 0 unspecified atom stereocenters. The molecule has 0 bridgehead atoms. The van der Waals surface area contributed by atoms with E-state index in [-0.39, 0.29) is 12.3 Å². The van der Waals surface area contributed by atoms with Gasteiger partial charge in [0.05, 0.1) is 13.7 Å². The monoisotopic (exact) mass is 237 g/mol. The summed E-state index contributed by atoms with van der Waals surface area (Å²) in [5, 5.41) is 11.3. The van der Waals surface area contributed by atoms with Crippen LogP contribution in [0.2, 0.25) is 0 Å². The van der Waals surface area contributed by atoms with Gasteiger partial charge < -0.3 is 9.84 Å². The molecular weight excluding hydrogens is 222 g/mol. The van der Waals surface area contributed by atoms with Crippen molar-refractivity contribution >= 4 is 11.8 Å². The molecule has 0 radical (unpaired) electrons. The van der Waals surface area contributed by atoms with Crippen LogP contribution in [-0.2, 0) is 4.79 Å². The molecule has 92 valence electrons. The quantitative estimate of drug-likeness (QED) is 0.720. The van der Waals surface area contributed by atoms with Crippen LogP contribution in [-0.4, -0.2) is 36.6 Å². The van der Waals surface area contributed by atoms with Gasteiger partial charge in [0.1, 0.15) is 11.8 Å². The second-order valence-corrected chi connectivity index (χ2v) is 3.59. The van der Waals surface area contributed by atoms with E-state index in [2.05, 4.69) is 5.32 Å². The fourth-order valence-electron chi connectivity index (χ4n) is 1.21. The summed E-state index contributed by atoms with van der Waals surface area (Å²) in [5.74, 6) is -0.457. The van der Waals surface area contributed by atoms with Crippen molar-refractivity contribution in [3.8, 4) is 5.75 Å². The first-order valence-corrected chi connectivity index (χ1v) is 5.18. The fraction of sp³-hybridized carbons (Fsp3) is 0.333. The molecule has 0 amide bonds. The molecule has 0 saturated heterocycles. The van der Waals surface area contributed by atoms with Crippen LogP contribution in [0.3, 0.4) is 0 Å². The van der Waals surface area contributed by atoms with Crippen LogP contribution in [0.5, 0.6) is 5.75 Å². The highest BCUT2D eigenvalue weighted by molar-refractivity contribution is 5.97. The molecule has 0 aliphatic rings. The minimum Gasteiger partial charge on any atom is -0.497 e. The highest BCUT2D eigenvalue weighted by Crippen LogP contribution is 2.11. The van der Waals surface area contributed by atoms with Crippen molar-refractivity contribution < 1.29 is 19.4 Å². The number of carbonyl (C=O) groups excluding carboxylic acids is 1. The number of ketones is 1. The molecule has 1 aromatic carbocycles. The molecule has 0 heterocycles. The number of nitrogens with one attached hydrogen (secondary N) is 1. The molecule has 1 aromatic rings. The summed E-state index contributed by atoms with van der Waals surface area (Å²) in [4.78, 5) is 22.2. The number of hydrogen-bond donors (Lipinski definition) is 2. The second kappa shape index (κ2) is 6.00. The molecule has 17 heavy (non-hydrogen) atoms. The molecule has 0 aliphatic heterocycles. The first-order chi connectivity index (χ1) is 8.04. The van der Waals surface area contributed by atoms with E-state index in [4.69, 9.17) is 9.84 Å². The summed E-state index contributed by atoms with van der Waals surface area (Å²) in [5.41, 5.74) is 0.524. The van der Waals surface area contributed by atoms with Crippen LogP contribution in [0, 0.1) is 0 Å². The van der Waals surface area contributed by atoms with Crippen LogP contribution in [0.15, 0.2) is 24.3 Å². The minimum absolute atomic E-state index is 0.000203. The van der Waals surface area contributed by atoms with Crippen molar-refractivity contribution in [1.29, 1.82) is 0 Å². The Balaban J connectivity index is 2.55.